The Kier molecular flexibility index (Phi) is 8.69. The smallest absolute Gasteiger partial charge is 0.0952 e. The van der Waals surface area contributed by atoms with E-state index in [2.05, 4.69) is 224 Å². The van der Waals surface area contributed by atoms with Gasteiger partial charge < -0.3 is 4.90 Å². The molecule has 0 aliphatic carbocycles. The fourth-order valence-electron chi connectivity index (χ4n) is 9.51. The lowest BCUT2D eigenvalue weighted by atomic mass is 9.93. The maximum absolute atomic E-state index is 5.40. The highest BCUT2D eigenvalue weighted by atomic mass is 32.1. The molecular weight excluding hydrogens is 769 g/mol. The number of hydrogen-bond donors (Lipinski definition) is 0. The highest BCUT2D eigenvalue weighted by molar-refractivity contribution is 7.26. The highest BCUT2D eigenvalue weighted by Crippen LogP contribution is 2.47. The third kappa shape index (κ3) is 6.21. The summed E-state index contributed by atoms with van der Waals surface area (Å²) in [6, 6.07) is 77.5. The average Bonchev–Trinajstić information content (AvgIpc) is 3.72. The van der Waals surface area contributed by atoms with Gasteiger partial charge in [0.1, 0.15) is 0 Å². The summed E-state index contributed by atoms with van der Waals surface area (Å²) in [5.74, 6) is 0. The molecule has 1 aromatic heterocycles. The zero-order valence-electron chi connectivity index (χ0n) is 34.2. The Morgan fingerprint density at radius 2 is 0.855 bits per heavy atom. The number of hydrogen-bond acceptors (Lipinski definition) is 3. The van der Waals surface area contributed by atoms with Crippen molar-refractivity contribution in [3.05, 3.63) is 218 Å². The zero-order chi connectivity index (χ0) is 41.1. The zero-order valence-corrected chi connectivity index (χ0v) is 35.0. The molecular formula is C59H40N2S. The van der Waals surface area contributed by atoms with Crippen LogP contribution in [0.4, 0.5) is 11.4 Å². The van der Waals surface area contributed by atoms with Crippen LogP contribution in [-0.4, -0.2) is 19.3 Å². The minimum atomic E-state index is 0.744. The lowest BCUT2D eigenvalue weighted by Crippen LogP contribution is -2.29. The molecule has 10 aromatic carbocycles. The van der Waals surface area contributed by atoms with E-state index in [0.717, 1.165) is 23.5 Å². The van der Waals surface area contributed by atoms with Crippen LogP contribution in [-0.2, 0) is 0 Å². The van der Waals surface area contributed by atoms with Crippen LogP contribution in [0.1, 0.15) is 5.56 Å². The quantitative estimate of drug-likeness (QED) is 0.153. The molecule has 3 heteroatoms. The van der Waals surface area contributed by atoms with Crippen LogP contribution >= 0.6 is 11.3 Å². The first-order valence-corrected chi connectivity index (χ1v) is 22.1. The standard InChI is InChI=1S/C59H40N2S/c1-61-37-55(60-57-50-21-10-8-19-48(50)49-20-9-11-22-51(49)58(57)61)46-18-12-17-44(33-46)42-25-23-40(24-26-42)41-27-29-43(30-28-41)52-35-47(39-15-6-3-7-16-39)36-54-53-34-45(38-13-4-2-5-14-38)31-32-56(53)62-59(52)54/h2-36H,37H2,1H3. The predicted octanol–water partition coefficient (Wildman–Crippen LogP) is 16.3. The summed E-state index contributed by atoms with van der Waals surface area (Å²) < 4.78 is 2.63. The molecule has 62 heavy (non-hydrogen) atoms. The fourth-order valence-corrected chi connectivity index (χ4v) is 10.7. The molecule has 0 atom stereocenters. The summed E-state index contributed by atoms with van der Waals surface area (Å²) >= 11 is 1.89. The van der Waals surface area contributed by atoms with Gasteiger partial charge in [-0.2, -0.15) is 0 Å². The summed E-state index contributed by atoms with van der Waals surface area (Å²) in [5.41, 5.74) is 16.7. The molecule has 0 spiro atoms. The van der Waals surface area contributed by atoms with E-state index in [4.69, 9.17) is 4.99 Å². The highest BCUT2D eigenvalue weighted by Gasteiger charge is 2.24. The van der Waals surface area contributed by atoms with E-state index in [9.17, 15) is 0 Å². The predicted molar refractivity (Wildman–Crippen MR) is 267 cm³/mol. The molecule has 0 radical (unpaired) electrons. The Labute approximate surface area is 365 Å². The van der Waals surface area contributed by atoms with Gasteiger partial charge in [0.15, 0.2) is 0 Å². The van der Waals surface area contributed by atoms with Crippen LogP contribution in [0.3, 0.4) is 0 Å². The molecule has 0 saturated carbocycles. The molecule has 0 bridgehead atoms. The normalized spacial score (nSPS) is 12.6. The molecule has 0 saturated heterocycles. The largest absolute Gasteiger partial charge is 0.366 e. The van der Waals surface area contributed by atoms with Gasteiger partial charge in [-0.1, -0.05) is 182 Å². The fraction of sp³-hybridized carbons (Fsp3) is 0.0339. The van der Waals surface area contributed by atoms with E-state index in [0.29, 0.717) is 0 Å². The van der Waals surface area contributed by atoms with Gasteiger partial charge in [-0.25, -0.2) is 4.99 Å². The third-order valence-corrected chi connectivity index (χ3v) is 13.8. The van der Waals surface area contributed by atoms with Gasteiger partial charge in [0.05, 0.1) is 23.6 Å². The summed E-state index contributed by atoms with van der Waals surface area (Å²) in [6.45, 7) is 0.744. The second-order valence-electron chi connectivity index (χ2n) is 16.4. The maximum atomic E-state index is 5.40. The number of nitrogens with zero attached hydrogens (tertiary/aromatic N) is 2. The minimum Gasteiger partial charge on any atom is -0.366 e. The van der Waals surface area contributed by atoms with Crippen molar-refractivity contribution >= 4 is 70.1 Å². The van der Waals surface area contributed by atoms with Crippen LogP contribution in [0.5, 0.6) is 0 Å². The lowest BCUT2D eigenvalue weighted by molar-refractivity contribution is 1.05. The maximum Gasteiger partial charge on any atom is 0.0952 e. The van der Waals surface area contributed by atoms with E-state index in [1.165, 1.54) is 103 Å². The first-order valence-electron chi connectivity index (χ1n) is 21.3. The molecule has 12 rings (SSSR count). The van der Waals surface area contributed by atoms with Gasteiger partial charge in [0.25, 0.3) is 0 Å². The molecule has 2 nitrogen and oxygen atoms in total. The number of aliphatic imine (C=N–C) groups is 1. The van der Waals surface area contributed by atoms with Crippen molar-refractivity contribution < 1.29 is 0 Å². The first-order chi connectivity index (χ1) is 30.6. The van der Waals surface area contributed by atoms with Crippen LogP contribution in [0.25, 0.3) is 97.4 Å². The molecule has 0 unspecified atom stereocenters. The van der Waals surface area contributed by atoms with Crippen molar-refractivity contribution in [1.82, 2.24) is 0 Å². The minimum absolute atomic E-state index is 0.744. The lowest BCUT2D eigenvalue weighted by Gasteiger charge is -2.29. The number of fused-ring (bicyclic) bond motifs is 9. The van der Waals surface area contributed by atoms with Gasteiger partial charge in [-0.05, 0) is 96.7 Å². The van der Waals surface area contributed by atoms with E-state index in [1.807, 2.05) is 11.3 Å². The Balaban J connectivity index is 0.868. The molecule has 1 aliphatic rings. The molecule has 0 amide bonds. The summed E-state index contributed by atoms with van der Waals surface area (Å²) in [4.78, 5) is 7.77. The van der Waals surface area contributed by atoms with Crippen molar-refractivity contribution in [2.24, 2.45) is 4.99 Å². The van der Waals surface area contributed by atoms with E-state index in [-0.39, 0.29) is 0 Å². The number of rotatable bonds is 6. The van der Waals surface area contributed by atoms with Gasteiger partial charge in [-0.15, -0.1) is 11.3 Å². The molecule has 1 aliphatic heterocycles. The van der Waals surface area contributed by atoms with Gasteiger partial charge in [0, 0.05) is 43.6 Å². The molecule has 292 valence electrons. The van der Waals surface area contributed by atoms with Gasteiger partial charge >= 0.3 is 0 Å². The second kappa shape index (κ2) is 14.8. The molecule has 0 fully saturated rings. The monoisotopic (exact) mass is 808 g/mol. The Morgan fingerprint density at radius 1 is 0.371 bits per heavy atom. The van der Waals surface area contributed by atoms with Crippen LogP contribution in [0.15, 0.2) is 217 Å². The SMILES string of the molecule is CN1CC(c2cccc(-c3ccc(-c4ccc(-c5cc(-c6ccccc6)cc6c5sc5ccc(-c7ccccc7)cc56)cc4)cc3)c2)=Nc2c1c1ccccc1c1ccccc21. The van der Waals surface area contributed by atoms with E-state index >= 15 is 0 Å². The number of anilines is 1. The van der Waals surface area contributed by atoms with Gasteiger partial charge in [-0.3, -0.25) is 0 Å². The van der Waals surface area contributed by atoms with Crippen molar-refractivity contribution in [1.29, 1.82) is 0 Å². The summed E-state index contributed by atoms with van der Waals surface area (Å²) in [5, 5.41) is 7.56. The summed E-state index contributed by atoms with van der Waals surface area (Å²) in [7, 11) is 2.19. The third-order valence-electron chi connectivity index (χ3n) is 12.6. The second-order valence-corrected chi connectivity index (χ2v) is 17.4. The van der Waals surface area contributed by atoms with E-state index in [1.54, 1.807) is 0 Å². The van der Waals surface area contributed by atoms with Crippen molar-refractivity contribution in [3.63, 3.8) is 0 Å². The van der Waals surface area contributed by atoms with E-state index < -0.39 is 0 Å². The van der Waals surface area contributed by atoms with Crippen LogP contribution in [0.2, 0.25) is 0 Å². The Hall–Kier alpha value is -7.59. The number of thiophene rings is 1. The van der Waals surface area contributed by atoms with Crippen molar-refractivity contribution in [2.75, 3.05) is 18.5 Å². The number of likely N-dealkylation sites (N-methyl/N-ethyl adjacent to an activating group) is 1. The Morgan fingerprint density at radius 3 is 1.55 bits per heavy atom. The number of benzene rings is 10. The molecule has 11 aromatic rings. The van der Waals surface area contributed by atoms with Crippen LogP contribution < -0.4 is 4.90 Å². The van der Waals surface area contributed by atoms with Gasteiger partial charge in [0.2, 0.25) is 0 Å². The molecule has 2 heterocycles. The van der Waals surface area contributed by atoms with Crippen LogP contribution in [0, 0.1) is 0 Å². The first kappa shape index (κ1) is 36.3. The topological polar surface area (TPSA) is 15.6 Å². The molecule has 0 N–H and O–H groups in total. The average molecular weight is 809 g/mol. The Bertz CT molecular complexity index is 3530. The van der Waals surface area contributed by atoms with Crippen molar-refractivity contribution in [2.45, 2.75) is 0 Å². The van der Waals surface area contributed by atoms with Crippen molar-refractivity contribution in [3.8, 4) is 55.6 Å². The summed E-state index contributed by atoms with van der Waals surface area (Å²) in [6.07, 6.45) is 0.